The number of hydrogen-bond donors (Lipinski definition) is 2. The van der Waals surface area contributed by atoms with Gasteiger partial charge in [-0.1, -0.05) is 15.9 Å². The zero-order chi connectivity index (χ0) is 13.7. The summed E-state index contributed by atoms with van der Waals surface area (Å²) in [5.74, 6) is -1.02. The average molecular weight is 314 g/mol. The van der Waals surface area contributed by atoms with Gasteiger partial charge in [-0.2, -0.15) is 0 Å². The molecule has 4 nitrogen and oxygen atoms in total. The van der Waals surface area contributed by atoms with Gasteiger partial charge in [0, 0.05) is 22.5 Å². The lowest BCUT2D eigenvalue weighted by Gasteiger charge is -2.14. The number of rotatable bonds is 5. The zero-order valence-electron chi connectivity index (χ0n) is 10.4. The standard InChI is InChI=1S/C13H16BrNO3/c1-8-7-10(14)4-5-11(8)13(18)15-9(2)3-6-12(16)17/h4-5,7,9H,3,6H2,1-2H3,(H,15,18)(H,16,17). The fourth-order valence-corrected chi connectivity index (χ4v) is 2.07. The van der Waals surface area contributed by atoms with Crippen molar-refractivity contribution in [2.75, 3.05) is 0 Å². The third-order valence-electron chi connectivity index (χ3n) is 2.60. The molecule has 5 heteroatoms. The van der Waals surface area contributed by atoms with Crippen LogP contribution in [0.25, 0.3) is 0 Å². The van der Waals surface area contributed by atoms with Gasteiger partial charge in [-0.15, -0.1) is 0 Å². The number of nitrogens with one attached hydrogen (secondary N) is 1. The first kappa shape index (κ1) is 14.7. The largest absolute Gasteiger partial charge is 0.481 e. The lowest BCUT2D eigenvalue weighted by atomic mass is 10.1. The van der Waals surface area contributed by atoms with Crippen LogP contribution in [0.3, 0.4) is 0 Å². The number of hydrogen-bond acceptors (Lipinski definition) is 2. The van der Waals surface area contributed by atoms with E-state index < -0.39 is 5.97 Å². The summed E-state index contributed by atoms with van der Waals surface area (Å²) in [5.41, 5.74) is 1.49. The minimum Gasteiger partial charge on any atom is -0.481 e. The maximum absolute atomic E-state index is 12.0. The first-order valence-electron chi connectivity index (χ1n) is 5.69. The Morgan fingerprint density at radius 2 is 2.11 bits per heavy atom. The molecule has 0 spiro atoms. The van der Waals surface area contributed by atoms with Crippen molar-refractivity contribution in [2.24, 2.45) is 0 Å². The Balaban J connectivity index is 2.62. The highest BCUT2D eigenvalue weighted by molar-refractivity contribution is 9.10. The van der Waals surface area contributed by atoms with Crippen LogP contribution in [0.15, 0.2) is 22.7 Å². The van der Waals surface area contributed by atoms with Crippen molar-refractivity contribution in [1.29, 1.82) is 0 Å². The van der Waals surface area contributed by atoms with Gasteiger partial charge in [-0.25, -0.2) is 0 Å². The van der Waals surface area contributed by atoms with Crippen LogP contribution in [-0.4, -0.2) is 23.0 Å². The fourth-order valence-electron chi connectivity index (χ4n) is 1.60. The van der Waals surface area contributed by atoms with E-state index in [0.717, 1.165) is 10.0 Å². The molecule has 0 aliphatic carbocycles. The Morgan fingerprint density at radius 1 is 1.44 bits per heavy atom. The van der Waals surface area contributed by atoms with Gasteiger partial charge in [0.05, 0.1) is 0 Å². The molecule has 0 radical (unpaired) electrons. The van der Waals surface area contributed by atoms with Crippen molar-refractivity contribution in [3.63, 3.8) is 0 Å². The van der Waals surface area contributed by atoms with Gasteiger partial charge in [0.25, 0.3) is 5.91 Å². The minimum atomic E-state index is -0.851. The van der Waals surface area contributed by atoms with E-state index in [1.165, 1.54) is 0 Å². The Kier molecular flexibility index (Phi) is 5.34. The van der Waals surface area contributed by atoms with Gasteiger partial charge in [0.15, 0.2) is 0 Å². The Labute approximate surface area is 115 Å². The Morgan fingerprint density at radius 3 is 2.67 bits per heavy atom. The van der Waals surface area contributed by atoms with Crippen LogP contribution in [0.1, 0.15) is 35.7 Å². The normalized spacial score (nSPS) is 11.9. The molecule has 2 N–H and O–H groups in total. The van der Waals surface area contributed by atoms with E-state index in [1.807, 2.05) is 19.1 Å². The first-order chi connectivity index (χ1) is 8.40. The maximum atomic E-state index is 12.0. The monoisotopic (exact) mass is 313 g/mol. The molecule has 0 saturated carbocycles. The van der Waals surface area contributed by atoms with Crippen molar-refractivity contribution >= 4 is 27.8 Å². The highest BCUT2D eigenvalue weighted by Gasteiger charge is 2.13. The number of carbonyl (C=O) groups excluding carboxylic acids is 1. The van der Waals surface area contributed by atoms with E-state index in [-0.39, 0.29) is 18.4 Å². The second kappa shape index (κ2) is 6.54. The van der Waals surface area contributed by atoms with Crippen LogP contribution >= 0.6 is 15.9 Å². The third kappa shape index (κ3) is 4.49. The van der Waals surface area contributed by atoms with Crippen molar-refractivity contribution in [1.82, 2.24) is 5.32 Å². The highest BCUT2D eigenvalue weighted by Crippen LogP contribution is 2.16. The molecule has 1 aromatic carbocycles. The van der Waals surface area contributed by atoms with Gasteiger partial charge < -0.3 is 10.4 Å². The van der Waals surface area contributed by atoms with Crippen LogP contribution in [-0.2, 0) is 4.79 Å². The Bertz CT molecular complexity index is 460. The molecule has 0 fully saturated rings. The van der Waals surface area contributed by atoms with E-state index in [2.05, 4.69) is 21.2 Å². The third-order valence-corrected chi connectivity index (χ3v) is 3.10. The Hall–Kier alpha value is -1.36. The van der Waals surface area contributed by atoms with Gasteiger partial charge in [-0.05, 0) is 44.0 Å². The zero-order valence-corrected chi connectivity index (χ0v) is 12.0. The van der Waals surface area contributed by atoms with Crippen molar-refractivity contribution in [3.8, 4) is 0 Å². The molecule has 1 aromatic rings. The number of aliphatic carboxylic acids is 1. The molecule has 0 aliphatic heterocycles. The number of benzene rings is 1. The second-order valence-electron chi connectivity index (χ2n) is 4.27. The molecule has 1 amide bonds. The summed E-state index contributed by atoms with van der Waals surface area (Å²) in [4.78, 5) is 22.4. The number of halogens is 1. The van der Waals surface area contributed by atoms with Crippen molar-refractivity contribution < 1.29 is 14.7 Å². The van der Waals surface area contributed by atoms with Crippen molar-refractivity contribution in [2.45, 2.75) is 32.7 Å². The average Bonchev–Trinajstić information content (AvgIpc) is 2.26. The second-order valence-corrected chi connectivity index (χ2v) is 5.18. The van der Waals surface area contributed by atoms with Gasteiger partial charge in [-0.3, -0.25) is 9.59 Å². The lowest BCUT2D eigenvalue weighted by Crippen LogP contribution is -2.33. The number of aryl methyl sites for hydroxylation is 1. The van der Waals surface area contributed by atoms with Crippen LogP contribution in [0.2, 0.25) is 0 Å². The minimum absolute atomic E-state index is 0.0563. The highest BCUT2D eigenvalue weighted by atomic mass is 79.9. The topological polar surface area (TPSA) is 66.4 Å². The quantitative estimate of drug-likeness (QED) is 0.878. The SMILES string of the molecule is Cc1cc(Br)ccc1C(=O)NC(C)CCC(=O)O. The summed E-state index contributed by atoms with van der Waals surface area (Å²) < 4.78 is 0.926. The summed E-state index contributed by atoms with van der Waals surface area (Å²) >= 11 is 3.34. The van der Waals surface area contributed by atoms with Crippen LogP contribution in [0.4, 0.5) is 0 Å². The molecule has 0 aliphatic rings. The van der Waals surface area contributed by atoms with Gasteiger partial charge >= 0.3 is 5.97 Å². The molecule has 1 atom stereocenters. The maximum Gasteiger partial charge on any atom is 0.303 e. The molecular formula is C13H16BrNO3. The van der Waals surface area contributed by atoms with E-state index in [1.54, 1.807) is 13.0 Å². The molecule has 1 unspecified atom stereocenters. The number of carboxylic acids is 1. The van der Waals surface area contributed by atoms with Crippen molar-refractivity contribution in [3.05, 3.63) is 33.8 Å². The first-order valence-corrected chi connectivity index (χ1v) is 6.48. The molecule has 0 aromatic heterocycles. The van der Waals surface area contributed by atoms with E-state index in [0.29, 0.717) is 12.0 Å². The molecule has 0 saturated heterocycles. The summed E-state index contributed by atoms with van der Waals surface area (Å²) in [6.45, 7) is 3.66. The number of carbonyl (C=O) groups is 2. The van der Waals surface area contributed by atoms with Crippen LogP contribution < -0.4 is 5.32 Å². The molecule has 0 bridgehead atoms. The smallest absolute Gasteiger partial charge is 0.303 e. The number of carboxylic acid groups (broad SMARTS) is 1. The predicted octanol–water partition coefficient (Wildman–Crippen LogP) is 2.74. The predicted molar refractivity (Wildman–Crippen MR) is 72.7 cm³/mol. The molecule has 18 heavy (non-hydrogen) atoms. The summed E-state index contributed by atoms with van der Waals surface area (Å²) in [7, 11) is 0. The fraction of sp³-hybridized carbons (Fsp3) is 0.385. The number of amides is 1. The summed E-state index contributed by atoms with van der Waals surface area (Å²) in [6, 6.07) is 5.27. The molecular weight excluding hydrogens is 298 g/mol. The lowest BCUT2D eigenvalue weighted by molar-refractivity contribution is -0.137. The molecule has 98 valence electrons. The van der Waals surface area contributed by atoms with E-state index in [9.17, 15) is 9.59 Å². The van der Waals surface area contributed by atoms with Crippen LogP contribution in [0, 0.1) is 6.92 Å². The van der Waals surface area contributed by atoms with E-state index in [4.69, 9.17) is 5.11 Å². The van der Waals surface area contributed by atoms with Crippen LogP contribution in [0.5, 0.6) is 0 Å². The molecule has 0 heterocycles. The van der Waals surface area contributed by atoms with Gasteiger partial charge in [0.1, 0.15) is 0 Å². The summed E-state index contributed by atoms with van der Waals surface area (Å²) in [5, 5.41) is 11.4. The van der Waals surface area contributed by atoms with E-state index >= 15 is 0 Å². The van der Waals surface area contributed by atoms with Gasteiger partial charge in [0.2, 0.25) is 0 Å². The molecule has 1 rings (SSSR count). The summed E-state index contributed by atoms with van der Waals surface area (Å²) in [6.07, 6.45) is 0.484.